The molecule has 0 atom stereocenters. The number of benzene rings is 6. The first-order valence-electron chi connectivity index (χ1n) is 20.3. The Bertz CT molecular complexity index is 2300. The van der Waals surface area contributed by atoms with E-state index in [4.69, 9.17) is 17.0 Å². The molecule has 0 saturated heterocycles. The van der Waals surface area contributed by atoms with E-state index in [1.807, 2.05) is 0 Å². The number of aryl methyl sites for hydroxylation is 2. The third-order valence-electron chi connectivity index (χ3n) is 10.2. The second kappa shape index (κ2) is 22.6. The van der Waals surface area contributed by atoms with Gasteiger partial charge in [0.05, 0.1) is 0 Å². The van der Waals surface area contributed by atoms with Crippen molar-refractivity contribution < 1.29 is 20.8 Å². The van der Waals surface area contributed by atoms with Crippen molar-refractivity contribution in [1.82, 2.24) is 0 Å². The van der Waals surface area contributed by atoms with Crippen molar-refractivity contribution in [3.8, 4) is 44.5 Å². The molecule has 0 nitrogen and oxygen atoms in total. The molecule has 0 aromatic heterocycles. The summed E-state index contributed by atoms with van der Waals surface area (Å²) in [4.78, 5) is 0. The van der Waals surface area contributed by atoms with Gasteiger partial charge in [0.1, 0.15) is 0 Å². The van der Waals surface area contributed by atoms with Gasteiger partial charge >= 0.3 is 37.9 Å². The van der Waals surface area contributed by atoms with Crippen LogP contribution in [0.4, 0.5) is 0 Å². The van der Waals surface area contributed by atoms with Crippen LogP contribution in [0.25, 0.3) is 66.1 Å². The maximum absolute atomic E-state index is 4.93. The van der Waals surface area contributed by atoms with Gasteiger partial charge in [0.15, 0.2) is 0 Å². The standard InChI is InChI=1S/2C26H25.C2H6Si.2ClH.Zr/c2*1-18(2)15-20-16-22-13-14-24(21-10-5-4-6-11-21)26(25(22)17-20)23-12-8-7-9-19(23)3;1-3-2;;;/h2*4-14,16-18H,15H2,1-3H3;1-2H3;2*1H;/q2*-1;;;;+4/p-2. The summed E-state index contributed by atoms with van der Waals surface area (Å²) in [6.45, 7) is 17.9. The summed E-state index contributed by atoms with van der Waals surface area (Å²) in [5, 5.41) is 5.43. The first-order chi connectivity index (χ1) is 28.1. The predicted octanol–water partition coefficient (Wildman–Crippen LogP) is 17.0. The molecule has 8 rings (SSSR count). The van der Waals surface area contributed by atoms with Gasteiger partial charge in [-0.15, -0.1) is 56.9 Å². The van der Waals surface area contributed by atoms with Crippen LogP contribution in [0.3, 0.4) is 0 Å². The molecule has 294 valence electrons. The summed E-state index contributed by atoms with van der Waals surface area (Å²) in [6.07, 6.45) is 2.26. The Kier molecular flexibility index (Phi) is 17.6. The molecule has 58 heavy (non-hydrogen) atoms. The van der Waals surface area contributed by atoms with Crippen molar-refractivity contribution in [3.63, 3.8) is 0 Å². The Morgan fingerprint density at radius 3 is 1.14 bits per heavy atom. The van der Waals surface area contributed by atoms with Gasteiger partial charge < -0.3 is 0 Å². The zero-order chi connectivity index (χ0) is 41.6. The van der Waals surface area contributed by atoms with Gasteiger partial charge in [0, 0.05) is 9.52 Å². The van der Waals surface area contributed by atoms with Crippen LogP contribution in [-0.2, 0) is 33.7 Å². The topological polar surface area (TPSA) is 0 Å². The van der Waals surface area contributed by atoms with Crippen LogP contribution in [0, 0.1) is 25.7 Å². The van der Waals surface area contributed by atoms with Gasteiger partial charge in [-0.25, -0.2) is 0 Å². The van der Waals surface area contributed by atoms with E-state index in [1.165, 1.54) is 88.3 Å². The molecule has 0 bridgehead atoms. The van der Waals surface area contributed by atoms with E-state index in [0.717, 1.165) is 22.4 Å². The van der Waals surface area contributed by atoms with Crippen molar-refractivity contribution in [2.24, 2.45) is 11.8 Å². The van der Waals surface area contributed by atoms with E-state index in [0.29, 0.717) is 11.8 Å². The summed E-state index contributed by atoms with van der Waals surface area (Å²) >= 11 is -0.826. The van der Waals surface area contributed by atoms with Crippen molar-refractivity contribution in [2.45, 2.75) is 67.5 Å². The molecule has 0 spiro atoms. The van der Waals surface area contributed by atoms with Gasteiger partial charge in [0.25, 0.3) is 0 Å². The molecule has 0 aliphatic carbocycles. The Hall–Kier alpha value is -3.78. The quantitative estimate of drug-likeness (QED) is 0.105. The molecule has 0 aliphatic rings. The number of hydrogen-bond donors (Lipinski definition) is 0. The van der Waals surface area contributed by atoms with Crippen LogP contribution < -0.4 is 0 Å². The Morgan fingerprint density at radius 2 is 0.810 bits per heavy atom. The summed E-state index contributed by atoms with van der Waals surface area (Å²) in [7, 11) is 11.0. The molecule has 0 aliphatic heterocycles. The molecule has 0 N–H and O–H groups in total. The number of halogens is 2. The average molecular weight is 895 g/mol. The Labute approximate surface area is 369 Å². The molecule has 2 radical (unpaired) electrons. The van der Waals surface area contributed by atoms with E-state index >= 15 is 0 Å². The minimum absolute atomic E-state index is 0.669. The number of fused-ring (bicyclic) bond motifs is 2. The zero-order valence-corrected chi connectivity index (χ0v) is 40.3. The fraction of sp³-hybridized carbons (Fsp3) is 0.222. The number of hydrogen-bond acceptors (Lipinski definition) is 0. The van der Waals surface area contributed by atoms with Crippen LogP contribution in [0.1, 0.15) is 49.9 Å². The third-order valence-corrected chi connectivity index (χ3v) is 10.2. The van der Waals surface area contributed by atoms with Crippen LogP contribution in [0.15, 0.2) is 158 Å². The summed E-state index contributed by atoms with van der Waals surface area (Å²) in [5.74, 6) is 1.34. The molecule has 0 amide bonds. The SMILES string of the molecule is C[Si]C.Cc1ccccc1-c1c(-c2ccccc2)ccc2[cH-]c(CC(C)C)cc12.Cc1ccccc1-c1c(-c2ccccc2)ccc2[cH-]c(CC(C)C)cc12.[Cl][Zr+2][Cl]. The van der Waals surface area contributed by atoms with E-state index < -0.39 is 20.8 Å². The van der Waals surface area contributed by atoms with Gasteiger partial charge in [-0.1, -0.05) is 173 Å². The first kappa shape index (κ1) is 45.3. The second-order valence-electron chi connectivity index (χ2n) is 15.8. The monoisotopic (exact) mass is 892 g/mol. The first-order valence-corrected chi connectivity index (χ1v) is 28.6. The molecular formula is C54H56Cl2SiZr. The van der Waals surface area contributed by atoms with Crippen molar-refractivity contribution in [1.29, 1.82) is 0 Å². The molecule has 0 fully saturated rings. The fourth-order valence-electron chi connectivity index (χ4n) is 7.87. The molecular weight excluding hydrogens is 839 g/mol. The zero-order valence-electron chi connectivity index (χ0n) is 35.3. The molecule has 0 heterocycles. The summed E-state index contributed by atoms with van der Waals surface area (Å²) in [5.41, 5.74) is 16.1. The molecule has 0 unspecified atom stereocenters. The molecule has 0 saturated carbocycles. The second-order valence-corrected chi connectivity index (χ2v) is 20.6. The Balaban J connectivity index is 0.000000195. The van der Waals surface area contributed by atoms with Gasteiger partial charge in [-0.3, -0.25) is 0 Å². The minimum atomic E-state index is -0.826. The van der Waals surface area contributed by atoms with Gasteiger partial charge in [0.2, 0.25) is 0 Å². The van der Waals surface area contributed by atoms with E-state index in [1.54, 1.807) is 0 Å². The van der Waals surface area contributed by atoms with E-state index in [9.17, 15) is 0 Å². The summed E-state index contributed by atoms with van der Waals surface area (Å²) in [6, 6.07) is 57.6. The van der Waals surface area contributed by atoms with Crippen LogP contribution in [0.2, 0.25) is 13.1 Å². The maximum atomic E-state index is 4.93. The van der Waals surface area contributed by atoms with Crippen LogP contribution >= 0.6 is 17.0 Å². The van der Waals surface area contributed by atoms with Crippen LogP contribution in [0.5, 0.6) is 0 Å². The predicted molar refractivity (Wildman–Crippen MR) is 257 cm³/mol. The number of rotatable bonds is 8. The third kappa shape index (κ3) is 11.7. The molecule has 8 aromatic carbocycles. The normalized spacial score (nSPS) is 10.7. The molecule has 8 aromatic rings. The summed E-state index contributed by atoms with van der Waals surface area (Å²) < 4.78 is 0. The molecule has 4 heteroatoms. The van der Waals surface area contributed by atoms with E-state index in [2.05, 4.69) is 212 Å². The van der Waals surface area contributed by atoms with Gasteiger partial charge in [-0.2, -0.15) is 12.1 Å². The van der Waals surface area contributed by atoms with Crippen molar-refractivity contribution >= 4 is 48.1 Å². The van der Waals surface area contributed by atoms with Gasteiger partial charge in [-0.05, 0) is 83.0 Å². The van der Waals surface area contributed by atoms with E-state index in [-0.39, 0.29) is 0 Å². The van der Waals surface area contributed by atoms with Crippen LogP contribution in [-0.4, -0.2) is 9.52 Å². The van der Waals surface area contributed by atoms with Crippen molar-refractivity contribution in [3.05, 3.63) is 180 Å². The fourth-order valence-corrected chi connectivity index (χ4v) is 7.87. The Morgan fingerprint density at radius 1 is 0.483 bits per heavy atom. The van der Waals surface area contributed by atoms with Crippen molar-refractivity contribution in [2.75, 3.05) is 0 Å². The average Bonchev–Trinajstić information content (AvgIpc) is 3.82.